The van der Waals surface area contributed by atoms with Crippen LogP contribution in [0.2, 0.25) is 0 Å². The van der Waals surface area contributed by atoms with Gasteiger partial charge in [0.25, 0.3) is 0 Å². The Kier molecular flexibility index (Phi) is 7.18. The minimum absolute atomic E-state index is 0.0635. The summed E-state index contributed by atoms with van der Waals surface area (Å²) in [5.41, 5.74) is 5.27. The quantitative estimate of drug-likeness (QED) is 0.260. The first kappa shape index (κ1) is 17.5. The van der Waals surface area contributed by atoms with E-state index in [1.165, 1.54) is 17.9 Å². The van der Waals surface area contributed by atoms with Gasteiger partial charge in [0.2, 0.25) is 0 Å². The summed E-state index contributed by atoms with van der Waals surface area (Å²) in [5.74, 6) is -0.539. The maximum absolute atomic E-state index is 11.3. The molecule has 1 amide bonds. The van der Waals surface area contributed by atoms with E-state index < -0.39 is 17.7 Å². The fourth-order valence-electron chi connectivity index (χ4n) is 0.897. The van der Waals surface area contributed by atoms with Gasteiger partial charge in [0.1, 0.15) is 0 Å². The van der Waals surface area contributed by atoms with E-state index in [9.17, 15) is 9.59 Å². The summed E-state index contributed by atoms with van der Waals surface area (Å²) in [6.45, 7) is 5.20. The van der Waals surface area contributed by atoms with Crippen molar-refractivity contribution in [3.05, 3.63) is 23.5 Å². The van der Waals surface area contributed by atoms with E-state index in [-0.39, 0.29) is 11.3 Å². The van der Waals surface area contributed by atoms with Crippen molar-refractivity contribution in [1.29, 1.82) is 0 Å². The van der Waals surface area contributed by atoms with Crippen LogP contribution in [0.3, 0.4) is 0 Å². The minimum atomic E-state index is -0.681. The van der Waals surface area contributed by atoms with Crippen LogP contribution >= 0.6 is 0 Å². The van der Waals surface area contributed by atoms with Gasteiger partial charge in [0.05, 0.1) is 0 Å². The van der Waals surface area contributed by atoms with E-state index in [0.717, 1.165) is 0 Å². The SMILES string of the molecule is COC(=O)/C([CH]=[V])=C/C(N)=[C-]NC(=O)OC(C)(C)C. The summed E-state index contributed by atoms with van der Waals surface area (Å²) in [6.07, 6.45) is 3.05. The summed E-state index contributed by atoms with van der Waals surface area (Å²) < 4.78 is 11.0. The van der Waals surface area contributed by atoms with E-state index in [0.29, 0.717) is 0 Å². The summed E-state index contributed by atoms with van der Waals surface area (Å²) in [4.78, 5) is 22.6. The van der Waals surface area contributed by atoms with Crippen LogP contribution in [0.25, 0.3) is 0 Å². The molecule has 0 aliphatic carbocycles. The Morgan fingerprint density at radius 3 is 2.37 bits per heavy atom. The number of hydrogen-bond donors (Lipinski definition) is 2. The Labute approximate surface area is 121 Å². The zero-order valence-corrected chi connectivity index (χ0v) is 12.7. The molecule has 19 heavy (non-hydrogen) atoms. The molecule has 3 N–H and O–H groups in total. The molecule has 0 unspecified atom stereocenters. The predicted octanol–water partition coefficient (Wildman–Crippen LogP) is 0.563. The molecule has 0 rings (SSSR count). The van der Waals surface area contributed by atoms with Crippen molar-refractivity contribution in [2.45, 2.75) is 26.4 Å². The fraction of sp³-hybridized carbons (Fsp3) is 0.417. The Balaban J connectivity index is 4.66. The van der Waals surface area contributed by atoms with Gasteiger partial charge in [-0.15, -0.1) is 0 Å². The zero-order chi connectivity index (χ0) is 15.1. The van der Waals surface area contributed by atoms with E-state index in [4.69, 9.17) is 10.5 Å². The molecule has 0 atom stereocenters. The number of ether oxygens (including phenoxy) is 2. The Morgan fingerprint density at radius 2 is 1.95 bits per heavy atom. The molecule has 0 saturated carbocycles. The number of amides is 1. The Hall–Kier alpha value is -1.53. The summed E-state index contributed by atoms with van der Waals surface area (Å²) in [7, 11) is 1.26. The average Bonchev–Trinajstić information content (AvgIpc) is 2.30. The van der Waals surface area contributed by atoms with Crippen molar-refractivity contribution in [1.82, 2.24) is 5.32 Å². The molecule has 7 heteroatoms. The van der Waals surface area contributed by atoms with Gasteiger partial charge in [0.15, 0.2) is 0 Å². The van der Waals surface area contributed by atoms with Crippen LogP contribution in [-0.2, 0) is 31.2 Å². The number of esters is 1. The third kappa shape index (κ3) is 8.23. The van der Waals surface area contributed by atoms with Crippen molar-refractivity contribution in [2.75, 3.05) is 7.11 Å². The third-order valence-electron chi connectivity index (χ3n) is 1.58. The monoisotopic (exact) mass is 304 g/mol. The fourth-order valence-corrected chi connectivity index (χ4v) is 1.18. The van der Waals surface area contributed by atoms with Gasteiger partial charge in [-0.05, 0) is 0 Å². The molecule has 6 nitrogen and oxygen atoms in total. The molecular formula is C12H17N2O4V-. The number of nitrogens with one attached hydrogen (secondary N) is 1. The molecule has 0 saturated heterocycles. The second kappa shape index (κ2) is 7.81. The van der Waals surface area contributed by atoms with E-state index in [2.05, 4.69) is 33.2 Å². The third-order valence-corrected chi connectivity index (χ3v) is 2.01. The molecule has 0 aromatic carbocycles. The number of methoxy groups -OCH3 is 1. The maximum atomic E-state index is 11.3. The summed E-state index contributed by atoms with van der Waals surface area (Å²) in [6, 6.07) is 0. The number of carbonyl (C=O) groups excluding carboxylic acids is 2. The molecule has 0 bridgehead atoms. The van der Waals surface area contributed by atoms with Crippen molar-refractivity contribution in [3.8, 4) is 0 Å². The van der Waals surface area contributed by atoms with Crippen LogP contribution in [0, 0.1) is 6.20 Å². The molecule has 105 valence electrons. The van der Waals surface area contributed by atoms with Gasteiger partial charge < -0.3 is 0 Å². The molecule has 0 spiro atoms. The number of nitrogens with two attached hydrogens (primary N) is 1. The number of carbonyl (C=O) groups is 2. The number of alkyl carbamates (subject to hydrolysis) is 1. The Bertz CT molecular complexity index is 422. The number of rotatable bonds is 4. The van der Waals surface area contributed by atoms with E-state index in [1.54, 1.807) is 20.8 Å². The standard InChI is InChI=1S/C12H17N2O4.V/c1-8(10(15)17-5)6-9(13)7-14-11(16)18-12(2,3)4;/h1,6H,13H2,2-5H3,(H,14,16);/q-1;/b8-6+;. The molecule has 0 heterocycles. The second-order valence-corrected chi connectivity index (χ2v) is 4.83. The van der Waals surface area contributed by atoms with E-state index in [1.807, 2.05) is 0 Å². The van der Waals surface area contributed by atoms with Gasteiger partial charge in [0, 0.05) is 0 Å². The van der Waals surface area contributed by atoms with Crippen molar-refractivity contribution >= 4 is 16.8 Å². The van der Waals surface area contributed by atoms with Crippen LogP contribution in [-0.4, -0.2) is 29.5 Å². The number of allylic oxidation sites excluding steroid dienone is 1. The topological polar surface area (TPSA) is 90.6 Å². The summed E-state index contributed by atoms with van der Waals surface area (Å²) >= 11 is 2.11. The average molecular weight is 304 g/mol. The normalized spacial score (nSPS) is 12.6. The van der Waals surface area contributed by atoms with Gasteiger partial charge in [-0.2, -0.15) is 0 Å². The van der Waals surface area contributed by atoms with Gasteiger partial charge in [-0.1, -0.05) is 0 Å². The van der Waals surface area contributed by atoms with Crippen LogP contribution in [0.1, 0.15) is 20.8 Å². The molecule has 0 aliphatic rings. The molecular weight excluding hydrogens is 287 g/mol. The zero-order valence-electron chi connectivity index (χ0n) is 11.3. The first-order valence-electron chi connectivity index (χ1n) is 5.34. The van der Waals surface area contributed by atoms with Crippen LogP contribution in [0.5, 0.6) is 0 Å². The van der Waals surface area contributed by atoms with E-state index >= 15 is 0 Å². The molecule has 0 aromatic heterocycles. The second-order valence-electron chi connectivity index (χ2n) is 4.43. The van der Waals surface area contributed by atoms with Gasteiger partial charge in [-0.3, -0.25) is 0 Å². The van der Waals surface area contributed by atoms with Crippen LogP contribution < -0.4 is 11.1 Å². The van der Waals surface area contributed by atoms with Crippen LogP contribution in [0.15, 0.2) is 17.3 Å². The first-order valence-corrected chi connectivity index (χ1v) is 6.15. The van der Waals surface area contributed by atoms with Gasteiger partial charge in [-0.25, -0.2) is 0 Å². The first-order chi connectivity index (χ1) is 8.69. The number of hydrogen-bond acceptors (Lipinski definition) is 5. The van der Waals surface area contributed by atoms with Crippen molar-refractivity contribution in [2.24, 2.45) is 5.73 Å². The molecule has 0 aromatic rings. The van der Waals surface area contributed by atoms with Gasteiger partial charge >= 0.3 is 121 Å². The van der Waals surface area contributed by atoms with Crippen molar-refractivity contribution in [3.63, 3.8) is 0 Å². The predicted molar refractivity (Wildman–Crippen MR) is 66.5 cm³/mol. The molecule has 0 radical (unpaired) electrons. The summed E-state index contributed by atoms with van der Waals surface area (Å²) in [5, 5.41) is 2.24. The Morgan fingerprint density at radius 1 is 1.37 bits per heavy atom. The van der Waals surface area contributed by atoms with Crippen LogP contribution in [0.4, 0.5) is 4.79 Å². The van der Waals surface area contributed by atoms with Crippen molar-refractivity contribution < 1.29 is 36.0 Å². The molecule has 0 fully saturated rings. The molecule has 0 aliphatic heterocycles.